The Morgan fingerprint density at radius 1 is 0.733 bits per heavy atom. The summed E-state index contributed by atoms with van der Waals surface area (Å²) in [5, 5.41) is 8.08. The standard InChI is InChI=1S/C22H22N4O4/c1-27-17-8-5-14(11-19(17)29-3)16-7-10-21-23-13-22(26(21)25-16)24-15-6-9-18(28-2)20(12-15)30-4/h5-13,24H,1-4H3. The SMILES string of the molecule is COc1ccc(Nc2cnc3ccc(-c4ccc(OC)c(OC)c4)nn23)cc1OC. The number of rotatable bonds is 7. The van der Waals surface area contributed by atoms with Gasteiger partial charge in [-0.25, -0.2) is 4.98 Å². The maximum Gasteiger partial charge on any atom is 0.162 e. The molecule has 1 N–H and O–H groups in total. The van der Waals surface area contributed by atoms with Gasteiger partial charge in [-0.1, -0.05) is 0 Å². The molecule has 4 rings (SSSR count). The van der Waals surface area contributed by atoms with Gasteiger partial charge in [0.2, 0.25) is 0 Å². The van der Waals surface area contributed by atoms with Crippen molar-refractivity contribution < 1.29 is 18.9 Å². The quantitative estimate of drug-likeness (QED) is 0.493. The van der Waals surface area contributed by atoms with Crippen LogP contribution in [0.4, 0.5) is 11.5 Å². The predicted octanol–water partition coefficient (Wildman–Crippen LogP) is 4.17. The van der Waals surface area contributed by atoms with Crippen molar-refractivity contribution >= 4 is 17.2 Å². The molecule has 0 spiro atoms. The summed E-state index contributed by atoms with van der Waals surface area (Å²) in [5.41, 5.74) is 3.23. The molecule has 0 aliphatic carbocycles. The lowest BCUT2D eigenvalue weighted by atomic mass is 10.1. The number of methoxy groups -OCH3 is 4. The third kappa shape index (κ3) is 3.55. The highest BCUT2D eigenvalue weighted by molar-refractivity contribution is 5.67. The summed E-state index contributed by atoms with van der Waals surface area (Å²) in [6, 6.07) is 15.1. The number of nitrogens with zero attached hydrogens (tertiary/aromatic N) is 3. The minimum absolute atomic E-state index is 0.635. The van der Waals surface area contributed by atoms with Gasteiger partial charge < -0.3 is 24.3 Å². The molecule has 0 radical (unpaired) electrons. The summed E-state index contributed by atoms with van der Waals surface area (Å²) in [6.45, 7) is 0. The first-order valence-electron chi connectivity index (χ1n) is 9.23. The van der Waals surface area contributed by atoms with E-state index in [2.05, 4.69) is 10.3 Å². The van der Waals surface area contributed by atoms with Crippen LogP contribution >= 0.6 is 0 Å². The number of hydrogen-bond acceptors (Lipinski definition) is 7. The van der Waals surface area contributed by atoms with E-state index in [1.54, 1.807) is 39.2 Å². The molecule has 0 saturated heterocycles. The van der Waals surface area contributed by atoms with Crippen LogP contribution in [0.1, 0.15) is 0 Å². The molecule has 0 saturated carbocycles. The van der Waals surface area contributed by atoms with Gasteiger partial charge in [0.05, 0.1) is 40.3 Å². The zero-order valence-corrected chi connectivity index (χ0v) is 17.2. The molecular weight excluding hydrogens is 384 g/mol. The lowest BCUT2D eigenvalue weighted by Crippen LogP contribution is -2.01. The Balaban J connectivity index is 1.70. The molecule has 0 unspecified atom stereocenters. The monoisotopic (exact) mass is 406 g/mol. The molecule has 8 heteroatoms. The molecule has 2 aromatic heterocycles. The number of fused-ring (bicyclic) bond motifs is 1. The van der Waals surface area contributed by atoms with Crippen molar-refractivity contribution in [2.45, 2.75) is 0 Å². The van der Waals surface area contributed by atoms with Crippen molar-refractivity contribution in [2.24, 2.45) is 0 Å². The van der Waals surface area contributed by atoms with Crippen molar-refractivity contribution in [3.05, 3.63) is 54.7 Å². The van der Waals surface area contributed by atoms with Crippen LogP contribution in [-0.2, 0) is 0 Å². The zero-order valence-electron chi connectivity index (χ0n) is 17.2. The number of nitrogens with one attached hydrogen (secondary N) is 1. The van der Waals surface area contributed by atoms with Gasteiger partial charge in [0, 0.05) is 17.3 Å². The summed E-state index contributed by atoms with van der Waals surface area (Å²) in [4.78, 5) is 4.42. The summed E-state index contributed by atoms with van der Waals surface area (Å²) >= 11 is 0. The van der Waals surface area contributed by atoms with E-state index in [-0.39, 0.29) is 0 Å². The lowest BCUT2D eigenvalue weighted by Gasteiger charge is -2.11. The van der Waals surface area contributed by atoms with Gasteiger partial charge in [0.15, 0.2) is 34.5 Å². The Hall–Kier alpha value is -3.94. The molecule has 30 heavy (non-hydrogen) atoms. The van der Waals surface area contributed by atoms with Crippen LogP contribution in [0.2, 0.25) is 0 Å². The number of hydrogen-bond donors (Lipinski definition) is 1. The molecule has 154 valence electrons. The van der Waals surface area contributed by atoms with Crippen LogP contribution in [-0.4, -0.2) is 43.0 Å². The summed E-state index contributed by atoms with van der Waals surface area (Å²) in [6.07, 6.45) is 1.73. The zero-order chi connectivity index (χ0) is 21.1. The largest absolute Gasteiger partial charge is 0.493 e. The summed E-state index contributed by atoms with van der Waals surface area (Å²) in [7, 11) is 6.43. The highest BCUT2D eigenvalue weighted by Gasteiger charge is 2.11. The Bertz CT molecular complexity index is 1190. The molecule has 8 nitrogen and oxygen atoms in total. The molecule has 0 aliphatic rings. The van der Waals surface area contributed by atoms with Crippen LogP contribution in [0.3, 0.4) is 0 Å². The Kier molecular flexibility index (Phi) is 5.30. The molecule has 0 atom stereocenters. The molecule has 0 bridgehead atoms. The number of aromatic nitrogens is 3. The van der Waals surface area contributed by atoms with Crippen molar-refractivity contribution in [1.29, 1.82) is 0 Å². The van der Waals surface area contributed by atoms with Crippen LogP contribution < -0.4 is 24.3 Å². The third-order valence-corrected chi connectivity index (χ3v) is 4.70. The second-order valence-corrected chi connectivity index (χ2v) is 6.40. The van der Waals surface area contributed by atoms with E-state index in [9.17, 15) is 0 Å². The first-order valence-corrected chi connectivity index (χ1v) is 9.23. The first-order chi connectivity index (χ1) is 14.7. The van der Waals surface area contributed by atoms with Gasteiger partial charge in [-0.15, -0.1) is 0 Å². The van der Waals surface area contributed by atoms with Gasteiger partial charge in [-0.3, -0.25) is 0 Å². The Morgan fingerprint density at radius 2 is 1.40 bits per heavy atom. The number of anilines is 2. The van der Waals surface area contributed by atoms with Crippen LogP contribution in [0.5, 0.6) is 23.0 Å². The maximum atomic E-state index is 5.41. The van der Waals surface area contributed by atoms with E-state index >= 15 is 0 Å². The van der Waals surface area contributed by atoms with Crippen molar-refractivity contribution in [3.63, 3.8) is 0 Å². The minimum atomic E-state index is 0.635. The normalized spacial score (nSPS) is 10.7. The Morgan fingerprint density at radius 3 is 2.10 bits per heavy atom. The Labute approximate surface area is 174 Å². The van der Waals surface area contributed by atoms with E-state index in [1.807, 2.05) is 48.5 Å². The van der Waals surface area contributed by atoms with Gasteiger partial charge in [-0.05, 0) is 42.5 Å². The number of ether oxygens (including phenoxy) is 4. The second-order valence-electron chi connectivity index (χ2n) is 6.40. The van der Waals surface area contributed by atoms with Gasteiger partial charge in [0.25, 0.3) is 0 Å². The fraction of sp³-hybridized carbons (Fsp3) is 0.182. The fourth-order valence-electron chi connectivity index (χ4n) is 3.17. The van der Waals surface area contributed by atoms with Crippen LogP contribution in [0.25, 0.3) is 16.9 Å². The van der Waals surface area contributed by atoms with Gasteiger partial charge in [0.1, 0.15) is 0 Å². The first kappa shape index (κ1) is 19.4. The number of imidazole rings is 1. The average Bonchev–Trinajstić information content (AvgIpc) is 3.20. The van der Waals surface area contributed by atoms with Crippen molar-refractivity contribution in [3.8, 4) is 34.3 Å². The van der Waals surface area contributed by atoms with E-state index < -0.39 is 0 Å². The number of benzene rings is 2. The third-order valence-electron chi connectivity index (χ3n) is 4.70. The summed E-state index contributed by atoms with van der Waals surface area (Å²) in [5.74, 6) is 3.33. The van der Waals surface area contributed by atoms with Gasteiger partial charge >= 0.3 is 0 Å². The second kappa shape index (κ2) is 8.20. The van der Waals surface area contributed by atoms with Crippen molar-refractivity contribution in [1.82, 2.24) is 14.6 Å². The topological polar surface area (TPSA) is 79.1 Å². The molecule has 0 amide bonds. The molecular formula is C22H22N4O4. The van der Waals surface area contributed by atoms with E-state index in [0.29, 0.717) is 23.0 Å². The average molecular weight is 406 g/mol. The van der Waals surface area contributed by atoms with Gasteiger partial charge in [-0.2, -0.15) is 9.61 Å². The summed E-state index contributed by atoms with van der Waals surface area (Å²) < 4.78 is 23.1. The maximum absolute atomic E-state index is 5.41. The smallest absolute Gasteiger partial charge is 0.162 e. The van der Waals surface area contributed by atoms with E-state index in [1.165, 1.54) is 0 Å². The van der Waals surface area contributed by atoms with Crippen LogP contribution in [0, 0.1) is 0 Å². The predicted molar refractivity (Wildman–Crippen MR) is 114 cm³/mol. The van der Waals surface area contributed by atoms with Crippen molar-refractivity contribution in [2.75, 3.05) is 33.8 Å². The lowest BCUT2D eigenvalue weighted by molar-refractivity contribution is 0.355. The molecule has 4 aromatic rings. The minimum Gasteiger partial charge on any atom is -0.493 e. The van der Waals surface area contributed by atoms with E-state index in [0.717, 1.165) is 28.4 Å². The molecule has 0 aliphatic heterocycles. The highest BCUT2D eigenvalue weighted by atomic mass is 16.5. The molecule has 2 aromatic carbocycles. The fourth-order valence-corrected chi connectivity index (χ4v) is 3.17. The van der Waals surface area contributed by atoms with Crippen LogP contribution in [0.15, 0.2) is 54.7 Å². The van der Waals surface area contributed by atoms with E-state index in [4.69, 9.17) is 24.0 Å². The molecule has 2 heterocycles. The molecule has 0 fully saturated rings. The highest BCUT2D eigenvalue weighted by Crippen LogP contribution is 2.33.